The van der Waals surface area contributed by atoms with Crippen LogP contribution in [0.2, 0.25) is 0 Å². The molecule has 0 saturated carbocycles. The van der Waals surface area contributed by atoms with Gasteiger partial charge in [0.2, 0.25) is 0 Å². The van der Waals surface area contributed by atoms with Crippen molar-refractivity contribution in [2.24, 2.45) is 11.3 Å². The van der Waals surface area contributed by atoms with E-state index in [4.69, 9.17) is 5.26 Å². The van der Waals surface area contributed by atoms with E-state index in [9.17, 15) is 4.79 Å². The van der Waals surface area contributed by atoms with Crippen molar-refractivity contribution in [2.75, 3.05) is 0 Å². The van der Waals surface area contributed by atoms with Crippen molar-refractivity contribution in [2.45, 2.75) is 66.2 Å². The third kappa shape index (κ3) is 4.52. The molecule has 0 radical (unpaired) electrons. The average Bonchev–Trinajstić information content (AvgIpc) is 2.27. The molecule has 16 heavy (non-hydrogen) atoms. The molecule has 0 aliphatic carbocycles. The van der Waals surface area contributed by atoms with Gasteiger partial charge in [0.15, 0.2) is 0 Å². The highest BCUT2D eigenvalue weighted by molar-refractivity contribution is 5.75. The highest BCUT2D eigenvalue weighted by Gasteiger charge is 2.37. The van der Waals surface area contributed by atoms with E-state index in [0.717, 1.165) is 38.5 Å². The van der Waals surface area contributed by atoms with Gasteiger partial charge in [-0.3, -0.25) is 0 Å². The second-order valence-corrected chi connectivity index (χ2v) is 5.08. The van der Waals surface area contributed by atoms with Crippen LogP contribution in [0, 0.1) is 11.3 Å². The fourth-order valence-electron chi connectivity index (χ4n) is 2.05. The summed E-state index contributed by atoms with van der Waals surface area (Å²) in [6.07, 6.45) is 6.56. The molecule has 0 spiro atoms. The highest BCUT2D eigenvalue weighted by Crippen LogP contribution is 2.35. The van der Waals surface area contributed by atoms with Crippen molar-refractivity contribution in [3.05, 3.63) is 0 Å². The van der Waals surface area contributed by atoms with E-state index in [1.54, 1.807) is 0 Å². The van der Waals surface area contributed by atoms with Gasteiger partial charge in [-0.2, -0.15) is 5.26 Å². The topological polar surface area (TPSA) is 46.5 Å². The lowest BCUT2D eigenvalue weighted by molar-refractivity contribution is -0.246. The van der Waals surface area contributed by atoms with Crippen LogP contribution in [0.5, 0.6) is 0 Å². The molecule has 0 fully saturated rings. The first-order valence-electron chi connectivity index (χ1n) is 6.36. The van der Waals surface area contributed by atoms with Gasteiger partial charge < -0.3 is 4.89 Å². The van der Waals surface area contributed by atoms with Gasteiger partial charge in [0.05, 0.1) is 5.41 Å². The highest BCUT2D eigenvalue weighted by atomic mass is 17.1. The van der Waals surface area contributed by atoms with E-state index in [2.05, 4.69) is 18.7 Å². The second-order valence-electron chi connectivity index (χ2n) is 5.08. The molecule has 0 unspecified atom stereocenters. The zero-order valence-electron chi connectivity index (χ0n) is 11.1. The van der Waals surface area contributed by atoms with Gasteiger partial charge >= 0.3 is 5.97 Å². The van der Waals surface area contributed by atoms with Crippen molar-refractivity contribution in [1.29, 1.82) is 0 Å². The van der Waals surface area contributed by atoms with E-state index in [-0.39, 0.29) is 0 Å². The SMILES string of the molecule is CCCCC(CCCC)C(C)(C)C(=O)OO. The van der Waals surface area contributed by atoms with Gasteiger partial charge in [-0.15, -0.1) is 0 Å². The minimum Gasteiger partial charge on any atom is -0.300 e. The molecule has 3 nitrogen and oxygen atoms in total. The molecular weight excluding hydrogens is 204 g/mol. The Kier molecular flexibility index (Phi) is 7.39. The first-order chi connectivity index (χ1) is 7.50. The summed E-state index contributed by atoms with van der Waals surface area (Å²) in [5.74, 6) is -0.211. The quantitative estimate of drug-likeness (QED) is 0.506. The smallest absolute Gasteiger partial charge is 0.300 e. The van der Waals surface area contributed by atoms with Crippen LogP contribution in [-0.4, -0.2) is 11.2 Å². The molecule has 96 valence electrons. The van der Waals surface area contributed by atoms with Gasteiger partial charge in [-0.1, -0.05) is 39.5 Å². The molecule has 0 aromatic rings. The van der Waals surface area contributed by atoms with Gasteiger partial charge in [-0.05, 0) is 32.6 Å². The van der Waals surface area contributed by atoms with Gasteiger partial charge in [0, 0.05) is 0 Å². The molecule has 1 N–H and O–H groups in total. The van der Waals surface area contributed by atoms with E-state index in [0.29, 0.717) is 5.92 Å². The summed E-state index contributed by atoms with van der Waals surface area (Å²) in [5.41, 5.74) is -0.584. The molecule has 0 rings (SSSR count). The van der Waals surface area contributed by atoms with Crippen molar-refractivity contribution < 1.29 is 14.9 Å². The predicted octanol–water partition coefficient (Wildman–Crippen LogP) is 4.03. The monoisotopic (exact) mass is 230 g/mol. The molecule has 0 atom stereocenters. The van der Waals surface area contributed by atoms with Crippen molar-refractivity contribution in [1.82, 2.24) is 0 Å². The summed E-state index contributed by atoms with van der Waals surface area (Å²) in [5, 5.41) is 8.52. The van der Waals surface area contributed by atoms with Crippen LogP contribution in [-0.2, 0) is 9.68 Å². The maximum absolute atomic E-state index is 11.5. The maximum atomic E-state index is 11.5. The summed E-state index contributed by atoms with van der Waals surface area (Å²) >= 11 is 0. The minimum atomic E-state index is -0.584. The van der Waals surface area contributed by atoms with Crippen LogP contribution in [0.15, 0.2) is 0 Å². The molecule has 0 aliphatic heterocycles. The zero-order valence-corrected chi connectivity index (χ0v) is 11.1. The summed E-state index contributed by atoms with van der Waals surface area (Å²) in [6, 6.07) is 0. The first kappa shape index (κ1) is 15.4. The van der Waals surface area contributed by atoms with Crippen LogP contribution >= 0.6 is 0 Å². The Labute approximate surface area is 99.1 Å². The molecule has 0 aliphatic rings. The van der Waals surface area contributed by atoms with E-state index in [1.165, 1.54) is 0 Å². The molecule has 3 heteroatoms. The Morgan fingerprint density at radius 1 is 1.19 bits per heavy atom. The van der Waals surface area contributed by atoms with E-state index in [1.807, 2.05) is 13.8 Å². The van der Waals surface area contributed by atoms with Crippen LogP contribution in [0.1, 0.15) is 66.2 Å². The van der Waals surface area contributed by atoms with Crippen LogP contribution in [0.4, 0.5) is 0 Å². The number of rotatable bonds is 8. The minimum absolute atomic E-state index is 0.298. The summed E-state index contributed by atoms with van der Waals surface area (Å²) in [4.78, 5) is 15.4. The summed E-state index contributed by atoms with van der Waals surface area (Å²) < 4.78 is 0. The lowest BCUT2D eigenvalue weighted by Crippen LogP contribution is -2.34. The molecule has 0 aromatic carbocycles. The summed E-state index contributed by atoms with van der Waals surface area (Å²) in [6.45, 7) is 8.02. The lowest BCUT2D eigenvalue weighted by Gasteiger charge is -2.31. The average molecular weight is 230 g/mol. The normalized spacial score (nSPS) is 11.9. The van der Waals surface area contributed by atoms with E-state index >= 15 is 0 Å². The molecular formula is C13H26O3. The number of hydrogen-bond donors (Lipinski definition) is 1. The van der Waals surface area contributed by atoms with Gasteiger partial charge in [-0.25, -0.2) is 4.79 Å². The number of carbonyl (C=O) groups is 1. The lowest BCUT2D eigenvalue weighted by atomic mass is 9.73. The van der Waals surface area contributed by atoms with Gasteiger partial charge in [0.1, 0.15) is 0 Å². The Balaban J connectivity index is 4.50. The Hall–Kier alpha value is -0.570. The number of unbranched alkanes of at least 4 members (excludes halogenated alkanes) is 2. The fourth-order valence-corrected chi connectivity index (χ4v) is 2.05. The molecule has 0 aromatic heterocycles. The zero-order chi connectivity index (χ0) is 12.6. The standard InChI is InChI=1S/C13H26O3/c1-5-7-9-11(10-8-6-2)13(3,4)12(14)16-15/h11,15H,5-10H2,1-4H3. The maximum Gasteiger partial charge on any atom is 0.347 e. The van der Waals surface area contributed by atoms with Crippen molar-refractivity contribution in [3.8, 4) is 0 Å². The molecule has 0 amide bonds. The van der Waals surface area contributed by atoms with Crippen LogP contribution < -0.4 is 0 Å². The Bertz CT molecular complexity index is 191. The van der Waals surface area contributed by atoms with Crippen molar-refractivity contribution >= 4 is 5.97 Å². The fraction of sp³-hybridized carbons (Fsp3) is 0.923. The van der Waals surface area contributed by atoms with E-state index < -0.39 is 11.4 Å². The summed E-state index contributed by atoms with van der Waals surface area (Å²) in [7, 11) is 0. The van der Waals surface area contributed by atoms with Crippen LogP contribution in [0.25, 0.3) is 0 Å². The number of hydrogen-bond acceptors (Lipinski definition) is 3. The Morgan fingerprint density at radius 2 is 1.62 bits per heavy atom. The third-order valence-electron chi connectivity index (χ3n) is 3.44. The third-order valence-corrected chi connectivity index (χ3v) is 3.44. The first-order valence-corrected chi connectivity index (χ1v) is 6.36. The number of carbonyl (C=O) groups excluding carboxylic acids is 1. The molecule has 0 bridgehead atoms. The largest absolute Gasteiger partial charge is 0.347 e. The second kappa shape index (κ2) is 7.66. The van der Waals surface area contributed by atoms with Gasteiger partial charge in [0.25, 0.3) is 0 Å². The predicted molar refractivity (Wildman–Crippen MR) is 65.0 cm³/mol. The molecule has 0 heterocycles. The Morgan fingerprint density at radius 3 is 1.94 bits per heavy atom. The van der Waals surface area contributed by atoms with Crippen molar-refractivity contribution in [3.63, 3.8) is 0 Å². The molecule has 0 saturated heterocycles. The van der Waals surface area contributed by atoms with Crippen LogP contribution in [0.3, 0.4) is 0 Å².